The van der Waals surface area contributed by atoms with Crippen LogP contribution in [-0.2, 0) is 4.79 Å². The van der Waals surface area contributed by atoms with Gasteiger partial charge in [-0.1, -0.05) is 48.9 Å². The molecule has 2 aromatic carbocycles. The number of likely N-dealkylation sites (tertiary alicyclic amines) is 1. The number of hydrogen-bond acceptors (Lipinski definition) is 3. The number of piperidine rings is 1. The number of carboxylic acid groups (broad SMARTS) is 1. The van der Waals surface area contributed by atoms with Crippen LogP contribution in [0.15, 0.2) is 42.5 Å². The predicted molar refractivity (Wildman–Crippen MR) is 86.6 cm³/mol. The van der Waals surface area contributed by atoms with Crippen molar-refractivity contribution >= 4 is 16.7 Å². The Balaban J connectivity index is 0.00000192. The number of carbonyl (C=O) groups is 1. The average molecular weight is 335 g/mol. The second-order valence-corrected chi connectivity index (χ2v) is 6.13. The first-order valence-electron chi connectivity index (χ1n) is 8.16. The van der Waals surface area contributed by atoms with Crippen molar-refractivity contribution < 1.29 is 61.3 Å². The Kier molecular flexibility index (Phi) is 7.72. The van der Waals surface area contributed by atoms with Crippen molar-refractivity contribution in [2.45, 2.75) is 31.6 Å². The summed E-state index contributed by atoms with van der Waals surface area (Å²) in [5.41, 5.74) is 0.884. The molecule has 1 fully saturated rings. The van der Waals surface area contributed by atoms with Gasteiger partial charge in [-0.15, -0.1) is 0 Å². The normalized spacial score (nSPS) is 16.7. The summed E-state index contributed by atoms with van der Waals surface area (Å²) >= 11 is 0. The van der Waals surface area contributed by atoms with E-state index in [9.17, 15) is 9.90 Å². The summed E-state index contributed by atoms with van der Waals surface area (Å²) in [7, 11) is 0. The molecule has 0 N–H and O–H groups in total. The van der Waals surface area contributed by atoms with Crippen molar-refractivity contribution in [3.8, 4) is 0 Å². The number of nitrogens with zero attached hydrogens (tertiary/aromatic N) is 1. The third kappa shape index (κ3) is 4.88. The summed E-state index contributed by atoms with van der Waals surface area (Å²) in [6, 6.07) is 13.9. The number of hydrogen-bond donors (Lipinski definition) is 0. The fourth-order valence-corrected chi connectivity index (χ4v) is 3.45. The average Bonchev–Trinajstić information content (AvgIpc) is 2.56. The van der Waals surface area contributed by atoms with Crippen molar-refractivity contribution in [2.75, 3.05) is 19.6 Å². The molecular formula is C19H22KNO2. The van der Waals surface area contributed by atoms with Gasteiger partial charge in [0, 0.05) is 11.9 Å². The molecule has 0 amide bonds. The number of benzene rings is 2. The van der Waals surface area contributed by atoms with Gasteiger partial charge in [0.2, 0.25) is 0 Å². The molecule has 2 aromatic rings. The van der Waals surface area contributed by atoms with Gasteiger partial charge < -0.3 is 14.8 Å². The number of fused-ring (bicyclic) bond motifs is 1. The monoisotopic (exact) mass is 335 g/mol. The Morgan fingerprint density at radius 2 is 1.74 bits per heavy atom. The van der Waals surface area contributed by atoms with Gasteiger partial charge in [0.25, 0.3) is 0 Å². The molecule has 1 aliphatic heterocycles. The molecule has 1 atom stereocenters. The molecule has 0 saturated carbocycles. The van der Waals surface area contributed by atoms with Gasteiger partial charge >= 0.3 is 51.4 Å². The van der Waals surface area contributed by atoms with Crippen LogP contribution in [0.3, 0.4) is 0 Å². The molecule has 0 spiro atoms. The van der Waals surface area contributed by atoms with Crippen LogP contribution < -0.4 is 56.5 Å². The van der Waals surface area contributed by atoms with E-state index in [2.05, 4.69) is 4.90 Å². The Morgan fingerprint density at radius 1 is 1.04 bits per heavy atom. The van der Waals surface area contributed by atoms with E-state index in [0.29, 0.717) is 6.42 Å². The van der Waals surface area contributed by atoms with Crippen LogP contribution in [-0.4, -0.2) is 30.5 Å². The zero-order valence-electron chi connectivity index (χ0n) is 13.8. The van der Waals surface area contributed by atoms with Crippen molar-refractivity contribution in [3.05, 3.63) is 48.0 Å². The Bertz CT molecular complexity index is 647. The molecule has 116 valence electrons. The van der Waals surface area contributed by atoms with Gasteiger partial charge in [0.1, 0.15) is 0 Å². The summed E-state index contributed by atoms with van der Waals surface area (Å²) in [5, 5.41) is 13.8. The SMILES string of the molecule is O=C([O-])C(CCN1CCCCC1)c1cccc2ccccc12.[K+]. The van der Waals surface area contributed by atoms with Gasteiger partial charge in [0.05, 0.1) is 0 Å². The Morgan fingerprint density at radius 3 is 2.48 bits per heavy atom. The second kappa shape index (κ2) is 9.30. The van der Waals surface area contributed by atoms with E-state index in [0.717, 1.165) is 36.0 Å². The molecule has 0 bridgehead atoms. The fourth-order valence-electron chi connectivity index (χ4n) is 3.45. The third-order valence-corrected chi connectivity index (χ3v) is 4.67. The van der Waals surface area contributed by atoms with Crippen molar-refractivity contribution in [1.82, 2.24) is 4.90 Å². The third-order valence-electron chi connectivity index (χ3n) is 4.67. The second-order valence-electron chi connectivity index (χ2n) is 6.13. The minimum atomic E-state index is -0.964. The first kappa shape index (κ1) is 19.1. The summed E-state index contributed by atoms with van der Waals surface area (Å²) < 4.78 is 0. The Labute approximate surface area is 180 Å². The minimum absolute atomic E-state index is 0. The number of carboxylic acids is 1. The van der Waals surface area contributed by atoms with Gasteiger partial charge in [-0.3, -0.25) is 0 Å². The number of aliphatic carboxylic acids is 1. The molecule has 1 heterocycles. The largest absolute Gasteiger partial charge is 1.00 e. The summed E-state index contributed by atoms with van der Waals surface area (Å²) in [6.45, 7) is 3.02. The first-order chi connectivity index (χ1) is 10.8. The summed E-state index contributed by atoms with van der Waals surface area (Å²) in [6.07, 6.45) is 4.37. The standard InChI is InChI=1S/C19H23NO2.K/c21-19(22)18(11-14-20-12-4-1-5-13-20)17-10-6-8-15-7-2-3-9-16(15)17;/h2-3,6-10,18H,1,4-5,11-14H2,(H,21,22);/q;+1/p-1. The van der Waals surface area contributed by atoms with Crippen LogP contribution in [0.25, 0.3) is 10.8 Å². The maximum Gasteiger partial charge on any atom is 1.00 e. The summed E-state index contributed by atoms with van der Waals surface area (Å²) in [5.74, 6) is -1.50. The van der Waals surface area contributed by atoms with Crippen molar-refractivity contribution in [2.24, 2.45) is 0 Å². The predicted octanol–water partition coefficient (Wildman–Crippen LogP) is -0.447. The Hall–Kier alpha value is -0.234. The van der Waals surface area contributed by atoms with Crippen LogP contribution >= 0.6 is 0 Å². The molecule has 1 saturated heterocycles. The smallest absolute Gasteiger partial charge is 0.549 e. The van der Waals surface area contributed by atoms with E-state index >= 15 is 0 Å². The molecule has 1 aliphatic rings. The van der Waals surface area contributed by atoms with Gasteiger partial charge in [0.15, 0.2) is 0 Å². The maximum atomic E-state index is 11.7. The van der Waals surface area contributed by atoms with Crippen molar-refractivity contribution in [3.63, 3.8) is 0 Å². The van der Waals surface area contributed by atoms with E-state index in [4.69, 9.17) is 0 Å². The molecule has 4 heteroatoms. The quantitative estimate of drug-likeness (QED) is 0.696. The van der Waals surface area contributed by atoms with Crippen LogP contribution in [0, 0.1) is 0 Å². The van der Waals surface area contributed by atoms with Gasteiger partial charge in [-0.05, 0) is 55.2 Å². The fraction of sp³-hybridized carbons (Fsp3) is 0.421. The van der Waals surface area contributed by atoms with E-state index in [1.807, 2.05) is 42.5 Å². The van der Waals surface area contributed by atoms with Crippen LogP contribution in [0.4, 0.5) is 0 Å². The van der Waals surface area contributed by atoms with E-state index in [1.54, 1.807) is 0 Å². The minimum Gasteiger partial charge on any atom is -0.549 e. The molecule has 0 aromatic heterocycles. The number of carbonyl (C=O) groups excluding carboxylic acids is 1. The molecule has 23 heavy (non-hydrogen) atoms. The van der Waals surface area contributed by atoms with Crippen LogP contribution in [0.1, 0.15) is 37.2 Å². The zero-order chi connectivity index (χ0) is 15.4. The van der Waals surface area contributed by atoms with Crippen LogP contribution in [0.5, 0.6) is 0 Å². The molecule has 0 radical (unpaired) electrons. The van der Waals surface area contributed by atoms with Crippen molar-refractivity contribution in [1.29, 1.82) is 0 Å². The molecule has 3 nitrogen and oxygen atoms in total. The van der Waals surface area contributed by atoms with E-state index in [-0.39, 0.29) is 51.4 Å². The molecular weight excluding hydrogens is 313 g/mol. The molecule has 3 rings (SSSR count). The zero-order valence-corrected chi connectivity index (χ0v) is 17.0. The maximum absolute atomic E-state index is 11.7. The number of rotatable bonds is 5. The van der Waals surface area contributed by atoms with Gasteiger partial charge in [-0.25, -0.2) is 0 Å². The van der Waals surface area contributed by atoms with Gasteiger partial charge in [-0.2, -0.15) is 0 Å². The molecule has 0 aliphatic carbocycles. The molecule has 1 unspecified atom stereocenters. The topological polar surface area (TPSA) is 43.4 Å². The van der Waals surface area contributed by atoms with E-state index in [1.165, 1.54) is 19.3 Å². The van der Waals surface area contributed by atoms with Crippen LogP contribution in [0.2, 0.25) is 0 Å². The summed E-state index contributed by atoms with van der Waals surface area (Å²) in [4.78, 5) is 14.1. The first-order valence-corrected chi connectivity index (χ1v) is 8.16. The van der Waals surface area contributed by atoms with E-state index < -0.39 is 11.9 Å².